The van der Waals surface area contributed by atoms with Crippen LogP contribution in [-0.2, 0) is 6.54 Å². The van der Waals surface area contributed by atoms with E-state index in [0.717, 1.165) is 6.54 Å². The molecule has 0 unspecified atom stereocenters. The zero-order chi connectivity index (χ0) is 15.5. The first-order valence-corrected chi connectivity index (χ1v) is 6.75. The SMILES string of the molecule is Br.C=CCN=C(N)NC(=NCC=C)N(C)Cc1ccccc1. The minimum Gasteiger partial charge on any atom is -0.370 e. The van der Waals surface area contributed by atoms with Crippen molar-refractivity contribution >= 4 is 28.9 Å². The highest BCUT2D eigenvalue weighted by Crippen LogP contribution is 2.02. The van der Waals surface area contributed by atoms with Crippen molar-refractivity contribution in [1.29, 1.82) is 0 Å². The third-order valence-corrected chi connectivity index (χ3v) is 2.62. The Balaban J connectivity index is 0.00000441. The molecule has 0 saturated heterocycles. The first-order chi connectivity index (χ1) is 10.2. The second-order valence-electron chi connectivity index (χ2n) is 4.43. The number of aliphatic imine (C=N–C) groups is 2. The third kappa shape index (κ3) is 7.64. The monoisotopic (exact) mass is 365 g/mol. The van der Waals surface area contributed by atoms with Crippen LogP contribution in [0.15, 0.2) is 65.6 Å². The molecule has 0 aliphatic heterocycles. The lowest BCUT2D eigenvalue weighted by atomic mass is 10.2. The molecule has 0 saturated carbocycles. The van der Waals surface area contributed by atoms with E-state index in [1.54, 1.807) is 12.2 Å². The first-order valence-electron chi connectivity index (χ1n) is 6.75. The molecule has 0 spiro atoms. The van der Waals surface area contributed by atoms with Gasteiger partial charge < -0.3 is 10.6 Å². The lowest BCUT2D eigenvalue weighted by molar-refractivity contribution is 0.486. The molecule has 0 atom stereocenters. The standard InChI is InChI=1S/C16H23N5.BrH/c1-4-11-18-15(17)20-16(19-12-5-2)21(3)13-14-9-7-6-8-10-14;/h4-10H,1-2,11-13H2,3H3,(H3,17,18,19,20);1H. The van der Waals surface area contributed by atoms with Gasteiger partial charge in [0, 0.05) is 13.6 Å². The van der Waals surface area contributed by atoms with Crippen LogP contribution in [-0.4, -0.2) is 37.0 Å². The third-order valence-electron chi connectivity index (χ3n) is 2.62. The van der Waals surface area contributed by atoms with Gasteiger partial charge in [-0.25, -0.2) is 9.98 Å². The average molecular weight is 366 g/mol. The van der Waals surface area contributed by atoms with Gasteiger partial charge in [0.2, 0.25) is 5.96 Å². The molecule has 0 aromatic heterocycles. The number of rotatable bonds is 6. The largest absolute Gasteiger partial charge is 0.370 e. The minimum atomic E-state index is 0. The molecule has 0 fully saturated rings. The smallest absolute Gasteiger partial charge is 0.201 e. The van der Waals surface area contributed by atoms with Crippen LogP contribution in [0.2, 0.25) is 0 Å². The number of nitrogens with zero attached hydrogens (tertiary/aromatic N) is 3. The molecule has 120 valence electrons. The Labute approximate surface area is 143 Å². The van der Waals surface area contributed by atoms with Crippen molar-refractivity contribution in [3.05, 3.63) is 61.2 Å². The molecule has 6 heteroatoms. The number of hydrogen-bond donors (Lipinski definition) is 2. The summed E-state index contributed by atoms with van der Waals surface area (Å²) in [5, 5.41) is 3.01. The highest BCUT2D eigenvalue weighted by atomic mass is 79.9. The second kappa shape index (κ2) is 11.6. The number of nitrogens with two attached hydrogens (primary N) is 1. The maximum atomic E-state index is 5.82. The van der Waals surface area contributed by atoms with E-state index in [1.165, 1.54) is 5.56 Å². The predicted octanol–water partition coefficient (Wildman–Crippen LogP) is 2.33. The molecular weight excluding hydrogens is 342 g/mol. The average Bonchev–Trinajstić information content (AvgIpc) is 2.50. The number of halogens is 1. The van der Waals surface area contributed by atoms with Crippen molar-refractivity contribution in [3.8, 4) is 0 Å². The van der Waals surface area contributed by atoms with E-state index in [-0.39, 0.29) is 17.0 Å². The molecule has 0 radical (unpaired) electrons. The van der Waals surface area contributed by atoms with Gasteiger partial charge in [-0.05, 0) is 5.56 Å². The van der Waals surface area contributed by atoms with Crippen molar-refractivity contribution in [3.63, 3.8) is 0 Å². The highest BCUT2D eigenvalue weighted by Gasteiger charge is 2.08. The molecule has 3 N–H and O–H groups in total. The molecule has 0 bridgehead atoms. The van der Waals surface area contributed by atoms with E-state index in [1.807, 2.05) is 30.1 Å². The van der Waals surface area contributed by atoms with Crippen LogP contribution in [0.25, 0.3) is 0 Å². The van der Waals surface area contributed by atoms with E-state index in [4.69, 9.17) is 5.73 Å². The van der Waals surface area contributed by atoms with E-state index in [0.29, 0.717) is 25.0 Å². The van der Waals surface area contributed by atoms with Gasteiger partial charge in [0.15, 0.2) is 5.96 Å². The van der Waals surface area contributed by atoms with Crippen LogP contribution in [0.5, 0.6) is 0 Å². The molecule has 5 nitrogen and oxygen atoms in total. The van der Waals surface area contributed by atoms with Gasteiger partial charge in [0.1, 0.15) is 0 Å². The van der Waals surface area contributed by atoms with Gasteiger partial charge in [-0.3, -0.25) is 5.32 Å². The van der Waals surface area contributed by atoms with Gasteiger partial charge >= 0.3 is 0 Å². The lowest BCUT2D eigenvalue weighted by Gasteiger charge is -2.22. The van der Waals surface area contributed by atoms with Crippen LogP contribution >= 0.6 is 17.0 Å². The van der Waals surface area contributed by atoms with Gasteiger partial charge in [-0.15, -0.1) is 30.1 Å². The fourth-order valence-electron chi connectivity index (χ4n) is 1.66. The molecule has 1 aromatic rings. The quantitative estimate of drug-likeness (QED) is 0.461. The highest BCUT2D eigenvalue weighted by molar-refractivity contribution is 8.93. The Bertz CT molecular complexity index is 511. The van der Waals surface area contributed by atoms with E-state index in [9.17, 15) is 0 Å². The van der Waals surface area contributed by atoms with Crippen LogP contribution < -0.4 is 11.1 Å². The van der Waals surface area contributed by atoms with Crippen LogP contribution in [0, 0.1) is 0 Å². The Morgan fingerprint density at radius 3 is 2.36 bits per heavy atom. The van der Waals surface area contributed by atoms with E-state index < -0.39 is 0 Å². The Morgan fingerprint density at radius 1 is 1.18 bits per heavy atom. The topological polar surface area (TPSA) is 66.0 Å². The molecule has 0 amide bonds. The van der Waals surface area contributed by atoms with Crippen molar-refractivity contribution in [2.45, 2.75) is 6.54 Å². The van der Waals surface area contributed by atoms with Crippen molar-refractivity contribution in [2.24, 2.45) is 15.7 Å². The van der Waals surface area contributed by atoms with Crippen molar-refractivity contribution < 1.29 is 0 Å². The molecule has 0 heterocycles. The normalized spacial score (nSPS) is 11.3. The van der Waals surface area contributed by atoms with Crippen molar-refractivity contribution in [2.75, 3.05) is 20.1 Å². The number of hydrogen-bond acceptors (Lipinski definition) is 2. The van der Waals surface area contributed by atoms with Gasteiger partial charge in [-0.2, -0.15) is 0 Å². The fraction of sp³-hybridized carbons (Fsp3) is 0.250. The summed E-state index contributed by atoms with van der Waals surface area (Å²) in [5.41, 5.74) is 7.01. The fourth-order valence-corrected chi connectivity index (χ4v) is 1.66. The van der Waals surface area contributed by atoms with Crippen LogP contribution in [0.4, 0.5) is 0 Å². The predicted molar refractivity (Wildman–Crippen MR) is 101 cm³/mol. The zero-order valence-electron chi connectivity index (χ0n) is 12.9. The summed E-state index contributed by atoms with van der Waals surface area (Å²) in [7, 11) is 1.95. The summed E-state index contributed by atoms with van der Waals surface area (Å²) in [6.07, 6.45) is 3.41. The molecule has 0 aliphatic rings. The maximum Gasteiger partial charge on any atom is 0.201 e. The van der Waals surface area contributed by atoms with Gasteiger partial charge in [-0.1, -0.05) is 42.5 Å². The maximum absolute atomic E-state index is 5.82. The summed E-state index contributed by atoms with van der Waals surface area (Å²) >= 11 is 0. The second-order valence-corrected chi connectivity index (χ2v) is 4.43. The summed E-state index contributed by atoms with van der Waals surface area (Å²) < 4.78 is 0. The first kappa shape index (κ1) is 19.9. The zero-order valence-corrected chi connectivity index (χ0v) is 14.6. The molecule has 22 heavy (non-hydrogen) atoms. The molecule has 1 aromatic carbocycles. The van der Waals surface area contributed by atoms with Gasteiger partial charge in [0.05, 0.1) is 13.1 Å². The van der Waals surface area contributed by atoms with Gasteiger partial charge in [0.25, 0.3) is 0 Å². The van der Waals surface area contributed by atoms with Crippen LogP contribution in [0.3, 0.4) is 0 Å². The van der Waals surface area contributed by atoms with Crippen molar-refractivity contribution in [1.82, 2.24) is 10.2 Å². The summed E-state index contributed by atoms with van der Waals surface area (Å²) in [4.78, 5) is 10.5. The summed E-state index contributed by atoms with van der Waals surface area (Å²) in [5.74, 6) is 0.974. The Morgan fingerprint density at radius 2 is 1.77 bits per heavy atom. The summed E-state index contributed by atoms with van der Waals surface area (Å²) in [6, 6.07) is 10.1. The number of nitrogens with one attached hydrogen (secondary N) is 1. The molecule has 0 aliphatic carbocycles. The summed E-state index contributed by atoms with van der Waals surface area (Å²) in [6.45, 7) is 8.98. The number of guanidine groups is 2. The number of benzene rings is 1. The minimum absolute atomic E-state index is 0. The molecular formula is C16H24BrN5. The van der Waals surface area contributed by atoms with E-state index in [2.05, 4.69) is 40.6 Å². The van der Waals surface area contributed by atoms with E-state index >= 15 is 0 Å². The Kier molecular flexibility index (Phi) is 10.5. The van der Waals surface area contributed by atoms with Crippen LogP contribution in [0.1, 0.15) is 5.56 Å². The Hall–Kier alpha value is -2.08. The lowest BCUT2D eigenvalue weighted by Crippen LogP contribution is -2.45. The molecule has 1 rings (SSSR count).